The fourth-order valence-electron chi connectivity index (χ4n) is 4.11. The number of hydrogen-bond donors (Lipinski definition) is 0. The van der Waals surface area contributed by atoms with Gasteiger partial charge in [0.05, 0.1) is 6.04 Å². The predicted molar refractivity (Wildman–Crippen MR) is 114 cm³/mol. The smallest absolute Gasteiger partial charge is 0.227 e. The molecule has 5 rings (SSSR count). The topological polar surface area (TPSA) is 77.7 Å². The maximum atomic E-state index is 13.0. The largest absolute Gasteiger partial charge is 0.486 e. The van der Waals surface area contributed by atoms with E-state index < -0.39 is 0 Å². The summed E-state index contributed by atoms with van der Waals surface area (Å²) in [6, 6.07) is 13.2. The first-order valence-corrected chi connectivity index (χ1v) is 10.8. The Balaban J connectivity index is 1.23. The first-order valence-electron chi connectivity index (χ1n) is 10.4. The van der Waals surface area contributed by atoms with Crippen LogP contribution in [0, 0.1) is 0 Å². The van der Waals surface area contributed by atoms with Crippen molar-refractivity contribution in [2.45, 2.75) is 31.7 Å². The number of rotatable bonds is 5. The second-order valence-corrected chi connectivity index (χ2v) is 8.10. The average Bonchev–Trinajstić information content (AvgIpc) is 3.48. The number of fused-ring (bicyclic) bond motifs is 1. The third-order valence-corrected chi connectivity index (χ3v) is 5.90. The molecule has 2 aliphatic heterocycles. The van der Waals surface area contributed by atoms with E-state index in [1.54, 1.807) is 12.1 Å². The molecule has 2 aromatic carbocycles. The van der Waals surface area contributed by atoms with Crippen LogP contribution in [-0.2, 0) is 11.2 Å². The lowest BCUT2D eigenvalue weighted by Gasteiger charge is -2.26. The summed E-state index contributed by atoms with van der Waals surface area (Å²) in [6.45, 7) is 1.86. The highest BCUT2D eigenvalue weighted by atomic mass is 35.5. The molecule has 0 aliphatic carbocycles. The molecule has 0 saturated carbocycles. The highest BCUT2D eigenvalue weighted by Gasteiger charge is 2.31. The monoisotopic (exact) mass is 439 g/mol. The quantitative estimate of drug-likeness (QED) is 0.584. The second kappa shape index (κ2) is 8.59. The number of amides is 1. The number of ether oxygens (including phenoxy) is 2. The van der Waals surface area contributed by atoms with Crippen LogP contribution >= 0.6 is 11.6 Å². The van der Waals surface area contributed by atoms with E-state index in [9.17, 15) is 4.79 Å². The van der Waals surface area contributed by atoms with Crippen LogP contribution in [0.5, 0.6) is 11.5 Å². The number of hydrogen-bond acceptors (Lipinski definition) is 6. The van der Waals surface area contributed by atoms with Crippen LogP contribution in [0.25, 0.3) is 11.4 Å². The van der Waals surface area contributed by atoms with E-state index in [4.69, 9.17) is 25.6 Å². The molecule has 0 N–H and O–H groups in total. The Morgan fingerprint density at radius 3 is 2.74 bits per heavy atom. The van der Waals surface area contributed by atoms with Crippen molar-refractivity contribution in [1.29, 1.82) is 0 Å². The Morgan fingerprint density at radius 2 is 1.90 bits per heavy atom. The van der Waals surface area contributed by atoms with Crippen LogP contribution in [0.15, 0.2) is 47.0 Å². The fourth-order valence-corrected chi connectivity index (χ4v) is 4.24. The second-order valence-electron chi connectivity index (χ2n) is 7.67. The highest BCUT2D eigenvalue weighted by molar-refractivity contribution is 6.30. The third kappa shape index (κ3) is 4.23. The van der Waals surface area contributed by atoms with E-state index in [1.807, 2.05) is 35.2 Å². The van der Waals surface area contributed by atoms with Gasteiger partial charge in [0.15, 0.2) is 11.5 Å². The zero-order valence-electron chi connectivity index (χ0n) is 16.9. The van der Waals surface area contributed by atoms with E-state index in [-0.39, 0.29) is 11.9 Å². The molecular formula is C23H22ClN3O4. The number of benzene rings is 2. The number of nitrogens with zero attached hydrogens (tertiary/aromatic N) is 3. The Labute approximate surface area is 184 Å². The Bertz CT molecular complexity index is 1080. The number of carbonyl (C=O) groups is 1. The molecule has 3 aromatic rings. The lowest BCUT2D eigenvalue weighted by atomic mass is 10.0. The summed E-state index contributed by atoms with van der Waals surface area (Å²) in [5, 5.41) is 4.66. The number of likely N-dealkylation sites (tertiary alicyclic amines) is 1. The first-order chi connectivity index (χ1) is 15.2. The molecule has 0 radical (unpaired) electrons. The molecule has 160 valence electrons. The molecule has 0 bridgehead atoms. The molecule has 1 saturated heterocycles. The number of carbonyl (C=O) groups excluding carboxylic acids is 1. The van der Waals surface area contributed by atoms with Gasteiger partial charge in [-0.25, -0.2) is 0 Å². The minimum Gasteiger partial charge on any atom is -0.486 e. The van der Waals surface area contributed by atoms with Gasteiger partial charge in [-0.05, 0) is 54.8 Å². The van der Waals surface area contributed by atoms with Gasteiger partial charge in [0.25, 0.3) is 0 Å². The molecule has 7 nitrogen and oxygen atoms in total. The van der Waals surface area contributed by atoms with Gasteiger partial charge in [0, 0.05) is 30.0 Å². The minimum atomic E-state index is 0.0515. The van der Waals surface area contributed by atoms with Gasteiger partial charge < -0.3 is 18.9 Å². The highest BCUT2D eigenvalue weighted by Crippen LogP contribution is 2.38. The van der Waals surface area contributed by atoms with Gasteiger partial charge in [-0.1, -0.05) is 22.8 Å². The summed E-state index contributed by atoms with van der Waals surface area (Å²) in [4.78, 5) is 19.3. The Kier molecular flexibility index (Phi) is 5.51. The standard InChI is InChI=1S/C23H22ClN3O4/c24-17-6-3-15(4-7-17)23-25-21(31-26-23)9-10-22(28)27-11-1-2-18(27)16-5-8-19-20(14-16)30-13-12-29-19/h3-8,14,18H,1-2,9-13H2. The molecule has 2 aliphatic rings. The molecule has 1 amide bonds. The van der Waals surface area contributed by atoms with E-state index in [0.717, 1.165) is 42.0 Å². The molecule has 8 heteroatoms. The van der Waals surface area contributed by atoms with Crippen molar-refractivity contribution >= 4 is 17.5 Å². The normalized spacial score (nSPS) is 17.7. The van der Waals surface area contributed by atoms with Crippen molar-refractivity contribution in [3.8, 4) is 22.9 Å². The summed E-state index contributed by atoms with van der Waals surface area (Å²) < 4.78 is 16.7. The summed E-state index contributed by atoms with van der Waals surface area (Å²) in [5.74, 6) is 2.55. The van der Waals surface area contributed by atoms with Crippen LogP contribution in [0.3, 0.4) is 0 Å². The molecular weight excluding hydrogens is 418 g/mol. The Morgan fingerprint density at radius 1 is 1.10 bits per heavy atom. The van der Waals surface area contributed by atoms with Crippen LogP contribution < -0.4 is 9.47 Å². The minimum absolute atomic E-state index is 0.0515. The average molecular weight is 440 g/mol. The maximum Gasteiger partial charge on any atom is 0.227 e. The molecule has 31 heavy (non-hydrogen) atoms. The molecule has 1 aromatic heterocycles. The molecule has 1 fully saturated rings. The van der Waals surface area contributed by atoms with Crippen LogP contribution in [0.4, 0.5) is 0 Å². The molecule has 3 heterocycles. The summed E-state index contributed by atoms with van der Waals surface area (Å²) in [6.07, 6.45) is 2.64. The summed E-state index contributed by atoms with van der Waals surface area (Å²) in [5.41, 5.74) is 1.90. The van der Waals surface area contributed by atoms with E-state index in [0.29, 0.717) is 42.8 Å². The van der Waals surface area contributed by atoms with Crippen molar-refractivity contribution < 1.29 is 18.8 Å². The van der Waals surface area contributed by atoms with Crippen LogP contribution in [-0.4, -0.2) is 40.7 Å². The Hall–Kier alpha value is -3.06. The van der Waals surface area contributed by atoms with Gasteiger partial charge >= 0.3 is 0 Å². The van der Waals surface area contributed by atoms with Crippen molar-refractivity contribution in [2.24, 2.45) is 0 Å². The van der Waals surface area contributed by atoms with Crippen molar-refractivity contribution in [1.82, 2.24) is 15.0 Å². The number of aromatic nitrogens is 2. The zero-order valence-corrected chi connectivity index (χ0v) is 17.7. The van der Waals surface area contributed by atoms with Crippen molar-refractivity contribution in [3.05, 3.63) is 58.9 Å². The zero-order chi connectivity index (χ0) is 21.2. The molecule has 1 unspecified atom stereocenters. The van der Waals surface area contributed by atoms with Crippen LogP contribution in [0.2, 0.25) is 5.02 Å². The van der Waals surface area contributed by atoms with Gasteiger partial charge in [0.2, 0.25) is 17.6 Å². The number of aryl methyl sites for hydroxylation is 1. The first kappa shape index (κ1) is 19.9. The fraction of sp³-hybridized carbons (Fsp3) is 0.348. The van der Waals surface area contributed by atoms with Crippen molar-refractivity contribution in [3.63, 3.8) is 0 Å². The molecule has 0 spiro atoms. The SMILES string of the molecule is O=C(CCc1nc(-c2ccc(Cl)cc2)no1)N1CCCC1c1ccc2c(c1)OCCO2. The van der Waals surface area contributed by atoms with Crippen LogP contribution in [0.1, 0.15) is 36.8 Å². The summed E-state index contributed by atoms with van der Waals surface area (Å²) in [7, 11) is 0. The summed E-state index contributed by atoms with van der Waals surface area (Å²) >= 11 is 5.92. The lowest BCUT2D eigenvalue weighted by molar-refractivity contribution is -0.132. The van der Waals surface area contributed by atoms with Gasteiger partial charge in [-0.3, -0.25) is 4.79 Å². The molecule has 1 atom stereocenters. The van der Waals surface area contributed by atoms with E-state index >= 15 is 0 Å². The van der Waals surface area contributed by atoms with Gasteiger partial charge in [-0.2, -0.15) is 4.98 Å². The number of halogens is 1. The van der Waals surface area contributed by atoms with Gasteiger partial charge in [-0.15, -0.1) is 0 Å². The predicted octanol–water partition coefficient (Wildman–Crippen LogP) is 4.46. The van der Waals surface area contributed by atoms with Gasteiger partial charge in [0.1, 0.15) is 13.2 Å². The maximum absolute atomic E-state index is 13.0. The van der Waals surface area contributed by atoms with E-state index in [1.165, 1.54) is 0 Å². The lowest BCUT2D eigenvalue weighted by Crippen LogP contribution is -2.30. The van der Waals surface area contributed by atoms with Crippen molar-refractivity contribution in [2.75, 3.05) is 19.8 Å². The third-order valence-electron chi connectivity index (χ3n) is 5.65. The van der Waals surface area contributed by atoms with E-state index in [2.05, 4.69) is 10.1 Å².